The number of hydrogen-bond donors (Lipinski definition) is 1. The van der Waals surface area contributed by atoms with Crippen molar-refractivity contribution in [2.24, 2.45) is 5.92 Å². The second-order valence-corrected chi connectivity index (χ2v) is 8.67. The van der Waals surface area contributed by atoms with Gasteiger partial charge in [-0.3, -0.25) is 9.59 Å². The molecule has 0 bridgehead atoms. The summed E-state index contributed by atoms with van der Waals surface area (Å²) in [5.74, 6) is -0.234. The highest BCUT2D eigenvalue weighted by atomic mass is 32.2. The van der Waals surface area contributed by atoms with Crippen LogP contribution in [0.1, 0.15) is 25.3 Å². The average molecular weight is 365 g/mol. The van der Waals surface area contributed by atoms with Crippen LogP contribution in [0.2, 0.25) is 0 Å². The van der Waals surface area contributed by atoms with Crippen LogP contribution in [0.5, 0.6) is 0 Å². The largest absolute Gasteiger partial charge is 0.326 e. The van der Waals surface area contributed by atoms with E-state index in [1.807, 2.05) is 18.2 Å². The lowest BCUT2D eigenvalue weighted by Crippen LogP contribution is -2.40. The molecule has 25 heavy (non-hydrogen) atoms. The first-order valence-electron chi connectivity index (χ1n) is 8.43. The topological polar surface area (TPSA) is 86.8 Å². The zero-order chi connectivity index (χ0) is 18.2. The third-order valence-electron chi connectivity index (χ3n) is 4.92. The Morgan fingerprint density at radius 2 is 1.84 bits per heavy atom. The molecule has 2 heterocycles. The standard InChI is InChI=1S/C17H23N3O4S/c1-12(21)20-10-7-14-11-15(3-4-16(14)20)18-17(22)13-5-8-19(9-6-13)25(2,23)24/h3-4,11,13H,5-10H2,1-2H3,(H,18,22). The molecular formula is C17H23N3O4S. The molecule has 2 amide bonds. The molecule has 3 rings (SSSR count). The Balaban J connectivity index is 1.62. The lowest BCUT2D eigenvalue weighted by molar-refractivity contribution is -0.121. The molecule has 136 valence electrons. The van der Waals surface area contributed by atoms with Gasteiger partial charge >= 0.3 is 0 Å². The Morgan fingerprint density at radius 3 is 2.44 bits per heavy atom. The van der Waals surface area contributed by atoms with Crippen LogP contribution >= 0.6 is 0 Å². The van der Waals surface area contributed by atoms with E-state index in [9.17, 15) is 18.0 Å². The smallest absolute Gasteiger partial charge is 0.227 e. The van der Waals surface area contributed by atoms with E-state index in [-0.39, 0.29) is 17.7 Å². The van der Waals surface area contributed by atoms with E-state index in [0.717, 1.165) is 23.4 Å². The highest BCUT2D eigenvalue weighted by molar-refractivity contribution is 7.88. The molecule has 0 unspecified atom stereocenters. The SMILES string of the molecule is CC(=O)N1CCc2cc(NC(=O)C3CCN(S(C)(=O)=O)CC3)ccc21. The monoisotopic (exact) mass is 365 g/mol. The van der Waals surface area contributed by atoms with E-state index in [1.165, 1.54) is 10.6 Å². The van der Waals surface area contributed by atoms with Gasteiger partial charge in [0.1, 0.15) is 0 Å². The number of rotatable bonds is 3. The van der Waals surface area contributed by atoms with Gasteiger partial charge in [0.25, 0.3) is 0 Å². The van der Waals surface area contributed by atoms with Gasteiger partial charge in [-0.15, -0.1) is 0 Å². The van der Waals surface area contributed by atoms with Crippen LogP contribution in [0, 0.1) is 5.92 Å². The van der Waals surface area contributed by atoms with Crippen LogP contribution in [-0.2, 0) is 26.0 Å². The van der Waals surface area contributed by atoms with E-state index in [2.05, 4.69) is 5.32 Å². The predicted octanol–water partition coefficient (Wildman–Crippen LogP) is 1.21. The fourth-order valence-electron chi connectivity index (χ4n) is 3.50. The van der Waals surface area contributed by atoms with Crippen molar-refractivity contribution in [3.05, 3.63) is 23.8 Å². The fraction of sp³-hybridized carbons (Fsp3) is 0.529. The molecule has 0 aromatic heterocycles. The predicted molar refractivity (Wildman–Crippen MR) is 95.9 cm³/mol. The Hall–Kier alpha value is -1.93. The minimum atomic E-state index is -3.18. The molecule has 7 nitrogen and oxygen atoms in total. The summed E-state index contributed by atoms with van der Waals surface area (Å²) in [6.07, 6.45) is 3.04. The van der Waals surface area contributed by atoms with Gasteiger partial charge in [-0.2, -0.15) is 0 Å². The van der Waals surface area contributed by atoms with Gasteiger partial charge in [0.15, 0.2) is 0 Å². The molecule has 2 aliphatic rings. The third kappa shape index (κ3) is 3.85. The maximum atomic E-state index is 12.5. The molecule has 1 N–H and O–H groups in total. The van der Waals surface area contributed by atoms with Crippen molar-refractivity contribution in [3.63, 3.8) is 0 Å². The summed E-state index contributed by atoms with van der Waals surface area (Å²) in [5.41, 5.74) is 2.69. The minimum absolute atomic E-state index is 0.0215. The number of nitrogens with one attached hydrogen (secondary N) is 1. The summed E-state index contributed by atoms with van der Waals surface area (Å²) in [6, 6.07) is 5.59. The molecule has 0 saturated carbocycles. The van der Waals surface area contributed by atoms with Crippen molar-refractivity contribution in [1.29, 1.82) is 0 Å². The van der Waals surface area contributed by atoms with E-state index in [1.54, 1.807) is 11.8 Å². The van der Waals surface area contributed by atoms with Gasteiger partial charge in [-0.05, 0) is 43.0 Å². The molecule has 1 aromatic rings. The summed E-state index contributed by atoms with van der Waals surface area (Å²) in [5, 5.41) is 2.93. The van der Waals surface area contributed by atoms with Crippen molar-refractivity contribution >= 4 is 33.2 Å². The molecule has 0 atom stereocenters. The Labute approximate surface area is 148 Å². The van der Waals surface area contributed by atoms with Gasteiger partial charge in [0.05, 0.1) is 6.26 Å². The Bertz CT molecular complexity index is 798. The van der Waals surface area contributed by atoms with Crippen LogP contribution in [0.4, 0.5) is 11.4 Å². The molecule has 0 spiro atoms. The average Bonchev–Trinajstić information content (AvgIpc) is 2.97. The number of sulfonamides is 1. The summed E-state index contributed by atoms with van der Waals surface area (Å²) < 4.78 is 24.5. The molecular weight excluding hydrogens is 342 g/mol. The first kappa shape index (κ1) is 17.9. The number of carbonyl (C=O) groups excluding carboxylic acids is 2. The van der Waals surface area contributed by atoms with Gasteiger partial charge < -0.3 is 10.2 Å². The van der Waals surface area contributed by atoms with E-state index < -0.39 is 10.0 Å². The van der Waals surface area contributed by atoms with Crippen LogP contribution in [0.25, 0.3) is 0 Å². The molecule has 1 saturated heterocycles. The number of piperidine rings is 1. The molecule has 0 aliphatic carbocycles. The number of hydrogen-bond acceptors (Lipinski definition) is 4. The van der Waals surface area contributed by atoms with Crippen LogP contribution in [-0.4, -0.2) is 50.4 Å². The molecule has 2 aliphatic heterocycles. The van der Waals surface area contributed by atoms with Crippen LogP contribution < -0.4 is 10.2 Å². The molecule has 1 aromatic carbocycles. The van der Waals surface area contributed by atoms with Gasteiger partial charge in [0, 0.05) is 43.9 Å². The van der Waals surface area contributed by atoms with Crippen molar-refractivity contribution < 1.29 is 18.0 Å². The molecule has 0 radical (unpaired) electrons. The summed E-state index contributed by atoms with van der Waals surface area (Å²) in [4.78, 5) is 25.8. The summed E-state index contributed by atoms with van der Waals surface area (Å²) in [7, 11) is -3.18. The first-order chi connectivity index (χ1) is 11.8. The third-order valence-corrected chi connectivity index (χ3v) is 6.22. The quantitative estimate of drug-likeness (QED) is 0.872. The number of anilines is 2. The Morgan fingerprint density at radius 1 is 1.16 bits per heavy atom. The van der Waals surface area contributed by atoms with Crippen molar-refractivity contribution in [3.8, 4) is 0 Å². The van der Waals surface area contributed by atoms with Gasteiger partial charge in [0.2, 0.25) is 21.8 Å². The lowest BCUT2D eigenvalue weighted by atomic mass is 9.97. The highest BCUT2D eigenvalue weighted by Gasteiger charge is 2.29. The normalized spacial score (nSPS) is 18.9. The number of benzene rings is 1. The highest BCUT2D eigenvalue weighted by Crippen LogP contribution is 2.31. The van der Waals surface area contributed by atoms with Crippen molar-refractivity contribution in [2.45, 2.75) is 26.2 Å². The van der Waals surface area contributed by atoms with E-state index in [4.69, 9.17) is 0 Å². The lowest BCUT2D eigenvalue weighted by Gasteiger charge is -2.29. The van der Waals surface area contributed by atoms with Gasteiger partial charge in [-0.1, -0.05) is 0 Å². The number of carbonyl (C=O) groups is 2. The fourth-order valence-corrected chi connectivity index (χ4v) is 4.37. The minimum Gasteiger partial charge on any atom is -0.326 e. The maximum Gasteiger partial charge on any atom is 0.227 e. The first-order valence-corrected chi connectivity index (χ1v) is 10.3. The van der Waals surface area contributed by atoms with Crippen LogP contribution in [0.15, 0.2) is 18.2 Å². The molecule has 1 fully saturated rings. The van der Waals surface area contributed by atoms with Crippen molar-refractivity contribution in [1.82, 2.24) is 4.31 Å². The number of amides is 2. The zero-order valence-electron chi connectivity index (χ0n) is 14.5. The number of nitrogens with zero attached hydrogens (tertiary/aromatic N) is 2. The van der Waals surface area contributed by atoms with E-state index in [0.29, 0.717) is 32.5 Å². The Kier molecular flexibility index (Phi) is 4.83. The van der Waals surface area contributed by atoms with Crippen molar-refractivity contribution in [2.75, 3.05) is 36.1 Å². The molecule has 8 heteroatoms. The van der Waals surface area contributed by atoms with Gasteiger partial charge in [-0.25, -0.2) is 12.7 Å². The second kappa shape index (κ2) is 6.76. The van der Waals surface area contributed by atoms with Crippen LogP contribution in [0.3, 0.4) is 0 Å². The zero-order valence-corrected chi connectivity index (χ0v) is 15.3. The summed E-state index contributed by atoms with van der Waals surface area (Å²) >= 11 is 0. The van der Waals surface area contributed by atoms with E-state index >= 15 is 0 Å². The summed E-state index contributed by atoms with van der Waals surface area (Å²) in [6.45, 7) is 2.99. The second-order valence-electron chi connectivity index (χ2n) is 6.69. The maximum absolute atomic E-state index is 12.5. The number of fused-ring (bicyclic) bond motifs is 1.